The molecule has 1 amide bonds. The summed E-state index contributed by atoms with van der Waals surface area (Å²) in [6, 6.07) is 18.7. The van der Waals surface area contributed by atoms with Gasteiger partial charge in [0, 0.05) is 6.04 Å². The van der Waals surface area contributed by atoms with Gasteiger partial charge in [-0.25, -0.2) is 4.79 Å². The molecule has 0 aliphatic heterocycles. The molecule has 0 unspecified atom stereocenters. The van der Waals surface area contributed by atoms with Crippen LogP contribution in [0.1, 0.15) is 48.0 Å². The zero-order chi connectivity index (χ0) is 18.9. The Bertz CT molecular complexity index is 778. The van der Waals surface area contributed by atoms with Gasteiger partial charge in [-0.2, -0.15) is 0 Å². The summed E-state index contributed by atoms with van der Waals surface area (Å²) in [7, 11) is 0. The highest BCUT2D eigenvalue weighted by Gasteiger charge is 2.21. The van der Waals surface area contributed by atoms with E-state index in [1.807, 2.05) is 36.4 Å². The molecule has 1 fully saturated rings. The van der Waals surface area contributed by atoms with Crippen molar-refractivity contribution in [3.63, 3.8) is 0 Å². The molecule has 0 bridgehead atoms. The maximum absolute atomic E-state index is 12.7. The first-order valence-electron chi connectivity index (χ1n) is 9.54. The third kappa shape index (κ3) is 5.81. The van der Waals surface area contributed by atoms with E-state index in [4.69, 9.17) is 4.74 Å². The van der Waals surface area contributed by atoms with Crippen molar-refractivity contribution < 1.29 is 14.3 Å². The quantitative estimate of drug-likeness (QED) is 0.470. The lowest BCUT2D eigenvalue weighted by Crippen LogP contribution is -2.38. The smallest absolute Gasteiger partial charge is 0.343 e. The van der Waals surface area contributed by atoms with Crippen molar-refractivity contribution in [2.45, 2.75) is 44.6 Å². The van der Waals surface area contributed by atoms with Crippen LogP contribution in [0.25, 0.3) is 0 Å². The minimum absolute atomic E-state index is 0.0679. The van der Waals surface area contributed by atoms with Crippen molar-refractivity contribution in [3.05, 3.63) is 83.6 Å². The summed E-state index contributed by atoms with van der Waals surface area (Å²) < 4.78 is 5.47. The summed E-state index contributed by atoms with van der Waals surface area (Å²) in [4.78, 5) is 25.2. The molecule has 1 saturated carbocycles. The minimum Gasteiger partial charge on any atom is -0.417 e. The fourth-order valence-corrected chi connectivity index (χ4v) is 3.24. The number of nitrogens with one attached hydrogen (secondary N) is 1. The molecule has 1 aliphatic rings. The lowest BCUT2D eigenvalue weighted by molar-refractivity contribution is -0.121. The van der Waals surface area contributed by atoms with Gasteiger partial charge < -0.3 is 10.1 Å². The number of benzene rings is 2. The maximum atomic E-state index is 12.7. The molecule has 3 rings (SSSR count). The van der Waals surface area contributed by atoms with Crippen LogP contribution < -0.4 is 5.32 Å². The fourth-order valence-electron chi connectivity index (χ4n) is 3.24. The Balaban J connectivity index is 1.72. The van der Waals surface area contributed by atoms with Crippen LogP contribution in [-0.2, 0) is 16.0 Å². The predicted molar refractivity (Wildman–Crippen MR) is 105 cm³/mol. The number of hydrogen-bond donors (Lipinski definition) is 1. The minimum atomic E-state index is -0.520. The highest BCUT2D eigenvalue weighted by Crippen LogP contribution is 2.18. The maximum Gasteiger partial charge on any atom is 0.343 e. The summed E-state index contributed by atoms with van der Waals surface area (Å²) in [5.74, 6) is -0.769. The highest BCUT2D eigenvalue weighted by atomic mass is 16.5. The molecule has 0 radical (unpaired) electrons. The van der Waals surface area contributed by atoms with E-state index in [-0.39, 0.29) is 17.7 Å². The van der Waals surface area contributed by atoms with E-state index in [1.165, 1.54) is 6.42 Å². The van der Waals surface area contributed by atoms with Gasteiger partial charge in [0.25, 0.3) is 5.91 Å². The molecule has 27 heavy (non-hydrogen) atoms. The topological polar surface area (TPSA) is 55.4 Å². The molecule has 4 heteroatoms. The van der Waals surface area contributed by atoms with Crippen LogP contribution >= 0.6 is 0 Å². The lowest BCUT2D eigenvalue weighted by Gasteiger charge is -2.23. The van der Waals surface area contributed by atoms with Crippen molar-refractivity contribution in [3.8, 4) is 0 Å². The Hall–Kier alpha value is -2.88. The van der Waals surface area contributed by atoms with E-state index >= 15 is 0 Å². The van der Waals surface area contributed by atoms with Crippen LogP contribution in [0.5, 0.6) is 0 Å². The summed E-state index contributed by atoms with van der Waals surface area (Å²) in [5, 5.41) is 3.03. The molecular weight excluding hydrogens is 338 g/mol. The van der Waals surface area contributed by atoms with Crippen LogP contribution in [0.2, 0.25) is 0 Å². The summed E-state index contributed by atoms with van der Waals surface area (Å²) in [5.41, 5.74) is 1.48. The molecule has 1 aliphatic carbocycles. The highest BCUT2D eigenvalue weighted by molar-refractivity contribution is 5.97. The third-order valence-electron chi connectivity index (χ3n) is 4.74. The number of hydrogen-bond acceptors (Lipinski definition) is 3. The summed E-state index contributed by atoms with van der Waals surface area (Å²) in [6.07, 6.45) is 7.63. The standard InChI is InChI=1S/C23H25NO3/c25-22(24-20-14-8-3-9-15-20)21(17-16-18-10-4-1-5-11-18)27-23(26)19-12-6-2-7-13-19/h1-2,4-7,10-13,17,20H,3,8-9,14-16H2,(H,24,25)/b21-17-. The first kappa shape index (κ1) is 18.9. The van der Waals surface area contributed by atoms with Gasteiger partial charge in [0.05, 0.1) is 5.56 Å². The average Bonchev–Trinajstić information content (AvgIpc) is 2.73. The predicted octanol–water partition coefficient (Wildman–Crippen LogP) is 4.42. The fraction of sp³-hybridized carbons (Fsp3) is 0.304. The first-order chi connectivity index (χ1) is 13.2. The molecule has 1 N–H and O–H groups in total. The third-order valence-corrected chi connectivity index (χ3v) is 4.74. The second-order valence-electron chi connectivity index (χ2n) is 6.82. The number of carbonyl (C=O) groups excluding carboxylic acids is 2. The Kier molecular flexibility index (Phi) is 6.80. The molecule has 0 aromatic heterocycles. The van der Waals surface area contributed by atoms with Crippen molar-refractivity contribution in [2.75, 3.05) is 0 Å². The van der Waals surface area contributed by atoms with Crippen molar-refractivity contribution in [1.29, 1.82) is 0 Å². The Morgan fingerprint density at radius 2 is 1.56 bits per heavy atom. The number of rotatable bonds is 6. The van der Waals surface area contributed by atoms with Gasteiger partial charge in [-0.3, -0.25) is 4.79 Å². The monoisotopic (exact) mass is 363 g/mol. The van der Waals surface area contributed by atoms with Gasteiger partial charge in [0.2, 0.25) is 0 Å². The van der Waals surface area contributed by atoms with Crippen LogP contribution in [0.15, 0.2) is 72.5 Å². The average molecular weight is 363 g/mol. The van der Waals surface area contributed by atoms with E-state index in [9.17, 15) is 9.59 Å². The largest absolute Gasteiger partial charge is 0.417 e. The van der Waals surface area contributed by atoms with Gasteiger partial charge in [-0.15, -0.1) is 0 Å². The Morgan fingerprint density at radius 1 is 0.926 bits per heavy atom. The summed E-state index contributed by atoms with van der Waals surface area (Å²) in [6.45, 7) is 0. The SMILES string of the molecule is O=C(NC1CCCCC1)/C(=C/Cc1ccccc1)OC(=O)c1ccccc1. The van der Waals surface area contributed by atoms with Crippen molar-refractivity contribution >= 4 is 11.9 Å². The Labute approximate surface area is 160 Å². The van der Waals surface area contributed by atoms with E-state index in [0.717, 1.165) is 31.2 Å². The zero-order valence-corrected chi connectivity index (χ0v) is 15.4. The summed E-state index contributed by atoms with van der Waals surface area (Å²) >= 11 is 0. The molecule has 0 saturated heterocycles. The molecule has 0 spiro atoms. The number of allylic oxidation sites excluding steroid dienone is 1. The van der Waals surface area contributed by atoms with Gasteiger partial charge >= 0.3 is 5.97 Å². The van der Waals surface area contributed by atoms with Crippen LogP contribution in [0, 0.1) is 0 Å². The lowest BCUT2D eigenvalue weighted by atomic mass is 9.95. The number of ether oxygens (including phenoxy) is 1. The second-order valence-corrected chi connectivity index (χ2v) is 6.82. The molecule has 2 aromatic carbocycles. The first-order valence-corrected chi connectivity index (χ1v) is 9.54. The van der Waals surface area contributed by atoms with E-state index < -0.39 is 5.97 Å². The number of esters is 1. The van der Waals surface area contributed by atoms with Crippen LogP contribution in [-0.4, -0.2) is 17.9 Å². The molecule has 2 aromatic rings. The van der Waals surface area contributed by atoms with Gasteiger partial charge in [-0.1, -0.05) is 67.8 Å². The van der Waals surface area contributed by atoms with Gasteiger partial charge in [-0.05, 0) is 43.0 Å². The second kappa shape index (κ2) is 9.72. The zero-order valence-electron chi connectivity index (χ0n) is 15.4. The van der Waals surface area contributed by atoms with Gasteiger partial charge in [0.1, 0.15) is 0 Å². The van der Waals surface area contributed by atoms with Crippen molar-refractivity contribution in [2.24, 2.45) is 0 Å². The molecule has 0 heterocycles. The van der Waals surface area contributed by atoms with E-state index in [2.05, 4.69) is 5.32 Å². The molecule has 140 valence electrons. The molecule has 0 atom stereocenters. The number of carbonyl (C=O) groups is 2. The number of amides is 1. The van der Waals surface area contributed by atoms with Crippen molar-refractivity contribution in [1.82, 2.24) is 5.32 Å². The van der Waals surface area contributed by atoms with Crippen LogP contribution in [0.3, 0.4) is 0 Å². The molecule has 4 nitrogen and oxygen atoms in total. The Morgan fingerprint density at radius 3 is 2.22 bits per heavy atom. The normalized spacial score (nSPS) is 15.2. The van der Waals surface area contributed by atoms with E-state index in [1.54, 1.807) is 30.3 Å². The van der Waals surface area contributed by atoms with Crippen LogP contribution in [0.4, 0.5) is 0 Å². The van der Waals surface area contributed by atoms with E-state index in [0.29, 0.717) is 12.0 Å². The molecular formula is C23H25NO3. The van der Waals surface area contributed by atoms with Gasteiger partial charge in [0.15, 0.2) is 5.76 Å².